The van der Waals surface area contributed by atoms with Gasteiger partial charge in [0.25, 0.3) is 0 Å². The first kappa shape index (κ1) is 12.6. The Labute approximate surface area is 104 Å². The monoisotopic (exact) mass is 233 g/mol. The van der Waals surface area contributed by atoms with Gasteiger partial charge in [-0.25, -0.2) is 0 Å². The second-order valence-corrected chi connectivity index (χ2v) is 5.89. The molecule has 1 fully saturated rings. The summed E-state index contributed by atoms with van der Waals surface area (Å²) in [6.07, 6.45) is 1.29. The Morgan fingerprint density at radius 3 is 2.53 bits per heavy atom. The number of hydrogen-bond acceptors (Lipinski definition) is 2. The van der Waals surface area contributed by atoms with E-state index in [-0.39, 0.29) is 6.10 Å². The van der Waals surface area contributed by atoms with Gasteiger partial charge in [0, 0.05) is 19.2 Å². The first-order valence-corrected chi connectivity index (χ1v) is 6.47. The summed E-state index contributed by atoms with van der Waals surface area (Å²) in [5.74, 6) is 0. The molecule has 1 aliphatic rings. The molecule has 0 bridgehead atoms. The highest BCUT2D eigenvalue weighted by Gasteiger charge is 2.28. The summed E-state index contributed by atoms with van der Waals surface area (Å²) in [4.78, 5) is 0. The van der Waals surface area contributed by atoms with Gasteiger partial charge in [-0.3, -0.25) is 0 Å². The van der Waals surface area contributed by atoms with Crippen LogP contribution in [0, 0.1) is 5.41 Å². The maximum absolute atomic E-state index is 5.95. The molecule has 0 aliphatic carbocycles. The van der Waals surface area contributed by atoms with E-state index in [9.17, 15) is 0 Å². The Balaban J connectivity index is 2.01. The zero-order valence-electron chi connectivity index (χ0n) is 11.1. The molecule has 1 saturated heterocycles. The minimum absolute atomic E-state index is 0.198. The van der Waals surface area contributed by atoms with Crippen LogP contribution in [0.4, 0.5) is 0 Å². The van der Waals surface area contributed by atoms with Crippen molar-refractivity contribution in [2.24, 2.45) is 5.41 Å². The van der Waals surface area contributed by atoms with Gasteiger partial charge in [0.2, 0.25) is 0 Å². The highest BCUT2D eigenvalue weighted by molar-refractivity contribution is 5.18. The highest BCUT2D eigenvalue weighted by Crippen LogP contribution is 2.26. The molecule has 1 aromatic rings. The van der Waals surface area contributed by atoms with Crippen LogP contribution in [0.2, 0.25) is 0 Å². The van der Waals surface area contributed by atoms with Crippen LogP contribution in [0.3, 0.4) is 0 Å². The summed E-state index contributed by atoms with van der Waals surface area (Å²) in [6, 6.07) is 11.0. The molecule has 0 aromatic heterocycles. The van der Waals surface area contributed by atoms with E-state index in [1.807, 2.05) is 6.07 Å². The van der Waals surface area contributed by atoms with E-state index >= 15 is 0 Å². The van der Waals surface area contributed by atoms with Gasteiger partial charge < -0.3 is 10.1 Å². The largest absolute Gasteiger partial charge is 0.372 e. The molecule has 2 unspecified atom stereocenters. The van der Waals surface area contributed by atoms with Crippen LogP contribution in [0.5, 0.6) is 0 Å². The zero-order valence-corrected chi connectivity index (χ0v) is 11.1. The van der Waals surface area contributed by atoms with E-state index in [2.05, 4.69) is 50.4 Å². The van der Waals surface area contributed by atoms with Crippen molar-refractivity contribution in [2.45, 2.75) is 39.3 Å². The van der Waals surface area contributed by atoms with Crippen molar-refractivity contribution in [1.82, 2.24) is 5.32 Å². The minimum Gasteiger partial charge on any atom is -0.372 e. The standard InChI is InChI=1S/C15H23NO/c1-15(2,3)14-9-10-17-13(11-16-14)12-7-5-4-6-8-12/h4-8,13-14,16H,9-11H2,1-3H3. The maximum Gasteiger partial charge on any atom is 0.0949 e. The van der Waals surface area contributed by atoms with Crippen LogP contribution in [0.25, 0.3) is 0 Å². The molecule has 0 amide bonds. The summed E-state index contributed by atoms with van der Waals surface area (Å²) < 4.78 is 5.95. The van der Waals surface area contributed by atoms with Crippen LogP contribution in [-0.2, 0) is 4.74 Å². The van der Waals surface area contributed by atoms with E-state index in [0.29, 0.717) is 11.5 Å². The molecular formula is C15H23NO. The van der Waals surface area contributed by atoms with E-state index in [1.165, 1.54) is 5.56 Å². The van der Waals surface area contributed by atoms with Crippen LogP contribution >= 0.6 is 0 Å². The summed E-state index contributed by atoms with van der Waals surface area (Å²) in [7, 11) is 0. The van der Waals surface area contributed by atoms with Crippen molar-refractivity contribution in [2.75, 3.05) is 13.2 Å². The molecule has 1 heterocycles. The van der Waals surface area contributed by atoms with Crippen LogP contribution in [0.1, 0.15) is 38.9 Å². The summed E-state index contributed by atoms with van der Waals surface area (Å²) in [5.41, 5.74) is 1.57. The van der Waals surface area contributed by atoms with E-state index in [4.69, 9.17) is 4.74 Å². The van der Waals surface area contributed by atoms with Crippen LogP contribution in [-0.4, -0.2) is 19.2 Å². The zero-order chi connectivity index (χ0) is 12.3. The molecule has 1 aliphatic heterocycles. The quantitative estimate of drug-likeness (QED) is 0.804. The molecule has 2 rings (SSSR count). The van der Waals surface area contributed by atoms with Crippen molar-refractivity contribution in [3.63, 3.8) is 0 Å². The molecule has 1 N–H and O–H groups in total. The molecule has 2 heteroatoms. The topological polar surface area (TPSA) is 21.3 Å². The SMILES string of the molecule is CC(C)(C)C1CCOC(c2ccccc2)CN1. The van der Waals surface area contributed by atoms with E-state index in [1.54, 1.807) is 0 Å². The first-order valence-electron chi connectivity index (χ1n) is 6.47. The van der Waals surface area contributed by atoms with Crippen molar-refractivity contribution in [3.8, 4) is 0 Å². The van der Waals surface area contributed by atoms with Crippen molar-refractivity contribution in [3.05, 3.63) is 35.9 Å². The number of nitrogens with one attached hydrogen (secondary N) is 1. The third kappa shape index (κ3) is 3.30. The van der Waals surface area contributed by atoms with Gasteiger partial charge in [0.1, 0.15) is 0 Å². The second kappa shape index (κ2) is 5.19. The van der Waals surface area contributed by atoms with Gasteiger partial charge in [0.05, 0.1) is 6.10 Å². The Hall–Kier alpha value is -0.860. The summed E-state index contributed by atoms with van der Waals surface area (Å²) >= 11 is 0. The fraction of sp³-hybridized carbons (Fsp3) is 0.600. The third-order valence-electron chi connectivity index (χ3n) is 3.49. The predicted octanol–water partition coefficient (Wildman–Crippen LogP) is 3.15. The van der Waals surface area contributed by atoms with E-state index < -0.39 is 0 Å². The Morgan fingerprint density at radius 1 is 1.18 bits per heavy atom. The Kier molecular flexibility index (Phi) is 3.85. The first-order chi connectivity index (χ1) is 8.07. The summed E-state index contributed by atoms with van der Waals surface area (Å²) in [5, 5.41) is 3.65. The van der Waals surface area contributed by atoms with E-state index in [0.717, 1.165) is 19.6 Å². The lowest BCUT2D eigenvalue weighted by atomic mass is 9.85. The molecule has 2 nitrogen and oxygen atoms in total. The van der Waals surface area contributed by atoms with Crippen molar-refractivity contribution in [1.29, 1.82) is 0 Å². The lowest BCUT2D eigenvalue weighted by molar-refractivity contribution is 0.0654. The average molecular weight is 233 g/mol. The van der Waals surface area contributed by atoms with Crippen LogP contribution < -0.4 is 5.32 Å². The molecule has 94 valence electrons. The van der Waals surface area contributed by atoms with Gasteiger partial charge >= 0.3 is 0 Å². The normalized spacial score (nSPS) is 26.5. The molecule has 17 heavy (non-hydrogen) atoms. The second-order valence-electron chi connectivity index (χ2n) is 5.89. The van der Waals surface area contributed by atoms with Gasteiger partial charge in [-0.15, -0.1) is 0 Å². The third-order valence-corrected chi connectivity index (χ3v) is 3.49. The minimum atomic E-state index is 0.198. The average Bonchev–Trinajstić information content (AvgIpc) is 2.55. The number of benzene rings is 1. The smallest absolute Gasteiger partial charge is 0.0949 e. The van der Waals surface area contributed by atoms with Gasteiger partial charge in [-0.05, 0) is 17.4 Å². The lowest BCUT2D eigenvalue weighted by Crippen LogP contribution is -2.40. The van der Waals surface area contributed by atoms with Gasteiger partial charge in [0.15, 0.2) is 0 Å². The molecule has 2 atom stereocenters. The van der Waals surface area contributed by atoms with Crippen molar-refractivity contribution < 1.29 is 4.74 Å². The molecule has 0 spiro atoms. The van der Waals surface area contributed by atoms with Gasteiger partial charge in [-0.1, -0.05) is 51.1 Å². The number of ether oxygens (including phenoxy) is 1. The lowest BCUT2D eigenvalue weighted by Gasteiger charge is -2.30. The molecule has 0 saturated carbocycles. The van der Waals surface area contributed by atoms with Gasteiger partial charge in [-0.2, -0.15) is 0 Å². The number of rotatable bonds is 1. The molecular weight excluding hydrogens is 210 g/mol. The van der Waals surface area contributed by atoms with Crippen molar-refractivity contribution >= 4 is 0 Å². The fourth-order valence-electron chi connectivity index (χ4n) is 2.36. The fourth-order valence-corrected chi connectivity index (χ4v) is 2.36. The molecule has 0 radical (unpaired) electrons. The molecule has 1 aromatic carbocycles. The van der Waals surface area contributed by atoms with Crippen LogP contribution in [0.15, 0.2) is 30.3 Å². The summed E-state index contributed by atoms with van der Waals surface area (Å²) in [6.45, 7) is 8.61. The number of hydrogen-bond donors (Lipinski definition) is 1. The maximum atomic E-state index is 5.95. The highest BCUT2D eigenvalue weighted by atomic mass is 16.5. The Morgan fingerprint density at radius 2 is 1.88 bits per heavy atom. The Bertz CT molecular complexity index is 342. The predicted molar refractivity (Wildman–Crippen MR) is 71.0 cm³/mol.